The minimum atomic E-state index is 0.455. The maximum Gasteiger partial charge on any atom is 0.0702 e. The summed E-state index contributed by atoms with van der Waals surface area (Å²) in [6, 6.07) is 0.613. The van der Waals surface area contributed by atoms with Crippen LogP contribution in [0, 0.1) is 5.92 Å². The lowest BCUT2D eigenvalue weighted by Gasteiger charge is -2.35. The smallest absolute Gasteiger partial charge is 0.0702 e. The second-order valence-electron chi connectivity index (χ2n) is 5.94. The average Bonchev–Trinajstić information content (AvgIpc) is 2.35. The predicted octanol–water partition coefficient (Wildman–Crippen LogP) is 2.51. The van der Waals surface area contributed by atoms with Crippen molar-refractivity contribution in [3.63, 3.8) is 0 Å². The molecule has 0 aliphatic carbocycles. The van der Waals surface area contributed by atoms with Gasteiger partial charge in [0.15, 0.2) is 0 Å². The molecule has 1 saturated heterocycles. The fourth-order valence-corrected chi connectivity index (χ4v) is 2.74. The van der Waals surface area contributed by atoms with E-state index >= 15 is 0 Å². The van der Waals surface area contributed by atoms with Gasteiger partial charge in [0.1, 0.15) is 0 Å². The van der Waals surface area contributed by atoms with Crippen LogP contribution in [0.25, 0.3) is 0 Å². The summed E-state index contributed by atoms with van der Waals surface area (Å²) in [5.41, 5.74) is 0. The zero-order valence-corrected chi connectivity index (χ0v) is 12.7. The molecule has 0 aromatic rings. The van der Waals surface area contributed by atoms with Crippen molar-refractivity contribution in [2.75, 3.05) is 33.3 Å². The van der Waals surface area contributed by atoms with Crippen LogP contribution in [0.1, 0.15) is 46.5 Å². The summed E-state index contributed by atoms with van der Waals surface area (Å²) in [6.45, 7) is 11.1. The van der Waals surface area contributed by atoms with Gasteiger partial charge >= 0.3 is 0 Å². The molecule has 1 heterocycles. The third kappa shape index (κ3) is 5.68. The summed E-state index contributed by atoms with van der Waals surface area (Å²) in [7, 11) is 2.25. The van der Waals surface area contributed by atoms with Gasteiger partial charge in [-0.3, -0.25) is 4.90 Å². The maximum atomic E-state index is 5.84. The van der Waals surface area contributed by atoms with Crippen molar-refractivity contribution >= 4 is 0 Å². The van der Waals surface area contributed by atoms with Crippen molar-refractivity contribution in [2.45, 2.75) is 58.6 Å². The van der Waals surface area contributed by atoms with Crippen molar-refractivity contribution in [2.24, 2.45) is 5.92 Å². The van der Waals surface area contributed by atoms with Crippen LogP contribution in [0.4, 0.5) is 0 Å². The van der Waals surface area contributed by atoms with Crippen LogP contribution in [0.5, 0.6) is 0 Å². The Bertz CT molecular complexity index is 203. The number of hydrogen-bond donors (Lipinski definition) is 1. The predicted molar refractivity (Wildman–Crippen MR) is 78.0 cm³/mol. The first-order valence-electron chi connectivity index (χ1n) is 7.67. The molecule has 0 spiro atoms. The number of hydrogen-bond acceptors (Lipinski definition) is 3. The lowest BCUT2D eigenvalue weighted by molar-refractivity contribution is -0.0115. The van der Waals surface area contributed by atoms with Gasteiger partial charge < -0.3 is 10.1 Å². The van der Waals surface area contributed by atoms with E-state index in [1.54, 1.807) is 0 Å². The van der Waals surface area contributed by atoms with Crippen LogP contribution in [0.2, 0.25) is 0 Å². The largest absolute Gasteiger partial charge is 0.377 e. The van der Waals surface area contributed by atoms with Gasteiger partial charge in [-0.05, 0) is 45.2 Å². The number of ether oxygens (including phenoxy) is 1. The monoisotopic (exact) mass is 256 g/mol. The Morgan fingerprint density at radius 1 is 1.33 bits per heavy atom. The highest BCUT2D eigenvalue weighted by Gasteiger charge is 2.22. The molecule has 1 aliphatic heterocycles. The van der Waals surface area contributed by atoms with Crippen molar-refractivity contribution in [3.05, 3.63) is 0 Å². The Hall–Kier alpha value is -0.120. The normalized spacial score (nSPS) is 22.7. The van der Waals surface area contributed by atoms with Crippen molar-refractivity contribution in [1.29, 1.82) is 0 Å². The third-order valence-electron chi connectivity index (χ3n) is 3.88. The molecule has 2 unspecified atom stereocenters. The zero-order valence-electron chi connectivity index (χ0n) is 12.7. The van der Waals surface area contributed by atoms with Gasteiger partial charge in [0, 0.05) is 25.7 Å². The molecule has 0 aromatic carbocycles. The van der Waals surface area contributed by atoms with Gasteiger partial charge in [-0.2, -0.15) is 0 Å². The minimum absolute atomic E-state index is 0.455. The van der Waals surface area contributed by atoms with E-state index in [1.807, 2.05) is 0 Å². The van der Waals surface area contributed by atoms with E-state index in [4.69, 9.17) is 4.74 Å². The molecule has 0 bridgehead atoms. The van der Waals surface area contributed by atoms with E-state index in [2.05, 4.69) is 38.0 Å². The van der Waals surface area contributed by atoms with Crippen LogP contribution in [-0.4, -0.2) is 50.3 Å². The molecule has 1 rings (SSSR count). The molecule has 0 saturated carbocycles. The SMILES string of the molecule is CCCNCC(C(C)C)N(C)CC1CCCCO1. The second kappa shape index (κ2) is 8.89. The van der Waals surface area contributed by atoms with Crippen LogP contribution in [0.3, 0.4) is 0 Å². The van der Waals surface area contributed by atoms with Crippen LogP contribution in [0.15, 0.2) is 0 Å². The first-order valence-corrected chi connectivity index (χ1v) is 7.67. The summed E-state index contributed by atoms with van der Waals surface area (Å²) in [4.78, 5) is 2.49. The number of nitrogens with one attached hydrogen (secondary N) is 1. The Morgan fingerprint density at radius 3 is 2.67 bits per heavy atom. The minimum Gasteiger partial charge on any atom is -0.377 e. The zero-order chi connectivity index (χ0) is 13.4. The van der Waals surface area contributed by atoms with E-state index in [0.29, 0.717) is 18.1 Å². The maximum absolute atomic E-state index is 5.84. The fraction of sp³-hybridized carbons (Fsp3) is 1.00. The Labute approximate surface area is 113 Å². The number of rotatable bonds is 8. The molecule has 18 heavy (non-hydrogen) atoms. The van der Waals surface area contributed by atoms with E-state index in [1.165, 1.54) is 25.7 Å². The van der Waals surface area contributed by atoms with E-state index < -0.39 is 0 Å². The molecule has 108 valence electrons. The number of nitrogens with zero attached hydrogens (tertiary/aromatic N) is 1. The highest BCUT2D eigenvalue weighted by molar-refractivity contribution is 4.78. The molecule has 1 N–H and O–H groups in total. The lowest BCUT2D eigenvalue weighted by Crippen LogP contribution is -2.47. The van der Waals surface area contributed by atoms with Crippen molar-refractivity contribution in [1.82, 2.24) is 10.2 Å². The van der Waals surface area contributed by atoms with Gasteiger partial charge in [-0.25, -0.2) is 0 Å². The molecule has 0 aromatic heterocycles. The molecule has 0 amide bonds. The molecule has 0 radical (unpaired) electrons. The van der Waals surface area contributed by atoms with Crippen LogP contribution >= 0.6 is 0 Å². The Morgan fingerprint density at radius 2 is 2.11 bits per heavy atom. The third-order valence-corrected chi connectivity index (χ3v) is 3.88. The summed E-state index contributed by atoms with van der Waals surface area (Å²) in [5.74, 6) is 0.683. The molecular formula is C15H32N2O. The topological polar surface area (TPSA) is 24.5 Å². The molecule has 1 fully saturated rings. The Balaban J connectivity index is 2.35. The van der Waals surface area contributed by atoms with Gasteiger partial charge in [0.2, 0.25) is 0 Å². The molecule has 2 atom stereocenters. The summed E-state index contributed by atoms with van der Waals surface area (Å²) < 4.78 is 5.84. The summed E-state index contributed by atoms with van der Waals surface area (Å²) in [5, 5.41) is 3.55. The average molecular weight is 256 g/mol. The van der Waals surface area contributed by atoms with Gasteiger partial charge in [-0.15, -0.1) is 0 Å². The van der Waals surface area contributed by atoms with Gasteiger partial charge in [0.05, 0.1) is 6.10 Å². The fourth-order valence-electron chi connectivity index (χ4n) is 2.74. The van der Waals surface area contributed by atoms with Crippen molar-refractivity contribution < 1.29 is 4.74 Å². The molecule has 3 heteroatoms. The van der Waals surface area contributed by atoms with Crippen LogP contribution < -0.4 is 5.32 Å². The second-order valence-corrected chi connectivity index (χ2v) is 5.94. The summed E-state index contributed by atoms with van der Waals surface area (Å²) >= 11 is 0. The first-order chi connectivity index (χ1) is 8.65. The highest BCUT2D eigenvalue weighted by Crippen LogP contribution is 2.16. The quantitative estimate of drug-likeness (QED) is 0.675. The molecular weight excluding hydrogens is 224 g/mol. The van der Waals surface area contributed by atoms with E-state index in [0.717, 1.165) is 26.2 Å². The van der Waals surface area contributed by atoms with E-state index in [-0.39, 0.29) is 0 Å². The Kier molecular flexibility index (Phi) is 7.87. The standard InChI is InChI=1S/C15H32N2O/c1-5-9-16-11-15(13(2)3)17(4)12-14-8-6-7-10-18-14/h13-16H,5-12H2,1-4H3. The summed E-state index contributed by atoms with van der Waals surface area (Å²) in [6.07, 6.45) is 5.47. The van der Waals surface area contributed by atoms with Gasteiger partial charge in [-0.1, -0.05) is 20.8 Å². The first kappa shape index (κ1) is 15.9. The van der Waals surface area contributed by atoms with Crippen molar-refractivity contribution in [3.8, 4) is 0 Å². The van der Waals surface area contributed by atoms with Crippen LogP contribution in [-0.2, 0) is 4.74 Å². The lowest BCUT2D eigenvalue weighted by atomic mass is 10.0. The molecule has 3 nitrogen and oxygen atoms in total. The number of likely N-dealkylation sites (N-methyl/N-ethyl adjacent to an activating group) is 1. The van der Waals surface area contributed by atoms with E-state index in [9.17, 15) is 0 Å². The molecule has 1 aliphatic rings. The highest BCUT2D eigenvalue weighted by atomic mass is 16.5. The van der Waals surface area contributed by atoms with Gasteiger partial charge in [0.25, 0.3) is 0 Å².